The molecule has 2 heterocycles. The Hall–Kier alpha value is -3.40. The number of nitrogens with one attached hydrogen (secondary N) is 1. The number of carbonyl (C=O) groups excluding carboxylic acids is 2. The standard InChI is InChI=1S/C22H20F3N3O3S/c1-28(19-9-6-16(31-2)13-27-19)11-10-26-21(30)15-5-3-4-14(12-15)17-7-8-18(32-17)20(29)22(23,24)25/h3-9,12-13H,10-11H2,1-2H3,(H,26,30). The van der Waals surface area contributed by atoms with Gasteiger partial charge in [0.05, 0.1) is 18.2 Å². The first kappa shape index (κ1) is 23.3. The zero-order valence-corrected chi connectivity index (χ0v) is 18.1. The van der Waals surface area contributed by atoms with Crippen molar-refractivity contribution in [3.63, 3.8) is 0 Å². The van der Waals surface area contributed by atoms with Crippen molar-refractivity contribution < 1.29 is 27.5 Å². The van der Waals surface area contributed by atoms with Crippen LogP contribution in [0.1, 0.15) is 20.0 Å². The van der Waals surface area contributed by atoms with Gasteiger partial charge < -0.3 is 15.0 Å². The number of aromatic nitrogens is 1. The summed E-state index contributed by atoms with van der Waals surface area (Å²) in [5.41, 5.74) is 0.924. The third-order valence-electron chi connectivity index (χ3n) is 4.58. The fourth-order valence-corrected chi connectivity index (χ4v) is 3.80. The zero-order chi connectivity index (χ0) is 23.3. The number of hydrogen-bond donors (Lipinski definition) is 1. The van der Waals surface area contributed by atoms with E-state index in [9.17, 15) is 22.8 Å². The molecule has 1 amide bonds. The number of pyridine rings is 1. The Kier molecular flexibility index (Phi) is 7.14. The molecule has 1 N–H and O–H groups in total. The van der Waals surface area contributed by atoms with Crippen LogP contribution in [0.4, 0.5) is 19.0 Å². The maximum atomic E-state index is 12.6. The van der Waals surface area contributed by atoms with Gasteiger partial charge in [-0.2, -0.15) is 13.2 Å². The molecular weight excluding hydrogens is 443 g/mol. The molecule has 3 rings (SSSR count). The Morgan fingerprint density at radius 2 is 1.94 bits per heavy atom. The van der Waals surface area contributed by atoms with E-state index in [1.165, 1.54) is 6.07 Å². The van der Waals surface area contributed by atoms with E-state index in [1.54, 1.807) is 43.6 Å². The Morgan fingerprint density at radius 3 is 2.59 bits per heavy atom. The highest BCUT2D eigenvalue weighted by molar-refractivity contribution is 7.17. The quantitative estimate of drug-likeness (QED) is 0.501. The van der Waals surface area contributed by atoms with Crippen LogP contribution < -0.4 is 15.0 Å². The number of halogens is 3. The van der Waals surface area contributed by atoms with Gasteiger partial charge in [-0.3, -0.25) is 9.59 Å². The van der Waals surface area contributed by atoms with Gasteiger partial charge in [0.25, 0.3) is 11.7 Å². The molecule has 10 heteroatoms. The number of benzene rings is 1. The number of likely N-dealkylation sites (N-methyl/N-ethyl adjacent to an activating group) is 1. The van der Waals surface area contributed by atoms with Crippen molar-refractivity contribution in [2.75, 3.05) is 32.1 Å². The molecule has 1 aromatic carbocycles. The van der Waals surface area contributed by atoms with Crippen LogP contribution in [-0.2, 0) is 0 Å². The van der Waals surface area contributed by atoms with Crippen LogP contribution in [0, 0.1) is 0 Å². The highest BCUT2D eigenvalue weighted by Gasteiger charge is 2.40. The van der Waals surface area contributed by atoms with Gasteiger partial charge in [0.1, 0.15) is 11.6 Å². The van der Waals surface area contributed by atoms with Crippen LogP contribution in [-0.4, -0.2) is 50.1 Å². The minimum absolute atomic E-state index is 0.314. The normalized spacial score (nSPS) is 11.2. The number of amides is 1. The van der Waals surface area contributed by atoms with Crippen molar-refractivity contribution in [1.29, 1.82) is 0 Å². The van der Waals surface area contributed by atoms with Crippen LogP contribution in [0.5, 0.6) is 5.75 Å². The summed E-state index contributed by atoms with van der Waals surface area (Å²) in [5.74, 6) is -0.816. The highest BCUT2D eigenvalue weighted by Crippen LogP contribution is 2.32. The number of alkyl halides is 3. The Balaban J connectivity index is 1.60. The smallest absolute Gasteiger partial charge is 0.455 e. The van der Waals surface area contributed by atoms with E-state index in [0.717, 1.165) is 23.2 Å². The summed E-state index contributed by atoms with van der Waals surface area (Å²) in [7, 11) is 3.41. The van der Waals surface area contributed by atoms with Gasteiger partial charge >= 0.3 is 6.18 Å². The molecule has 0 spiro atoms. The molecule has 0 bridgehead atoms. The van der Waals surface area contributed by atoms with Gasteiger partial charge in [0.2, 0.25) is 0 Å². The molecule has 0 saturated carbocycles. The van der Waals surface area contributed by atoms with Gasteiger partial charge in [0, 0.05) is 30.6 Å². The van der Waals surface area contributed by atoms with E-state index in [2.05, 4.69) is 10.3 Å². The van der Waals surface area contributed by atoms with Crippen molar-refractivity contribution in [2.24, 2.45) is 0 Å². The number of thiophene rings is 1. The third-order valence-corrected chi connectivity index (χ3v) is 5.71. The van der Waals surface area contributed by atoms with E-state index < -0.39 is 16.8 Å². The first-order valence-electron chi connectivity index (χ1n) is 9.50. The van der Waals surface area contributed by atoms with E-state index in [1.807, 2.05) is 18.0 Å². The third kappa shape index (κ3) is 5.64. The monoisotopic (exact) mass is 463 g/mol. The van der Waals surface area contributed by atoms with Crippen molar-refractivity contribution in [2.45, 2.75) is 6.18 Å². The molecule has 168 valence electrons. The van der Waals surface area contributed by atoms with Crippen LogP contribution in [0.2, 0.25) is 0 Å². The number of ether oxygens (including phenoxy) is 1. The molecule has 0 fully saturated rings. The molecule has 0 radical (unpaired) electrons. The number of carbonyl (C=O) groups is 2. The zero-order valence-electron chi connectivity index (χ0n) is 17.3. The molecule has 6 nitrogen and oxygen atoms in total. The van der Waals surface area contributed by atoms with Crippen LogP contribution in [0.3, 0.4) is 0 Å². The molecule has 0 aliphatic rings. The molecule has 0 atom stereocenters. The number of nitrogens with zero attached hydrogens (tertiary/aromatic N) is 2. The molecule has 32 heavy (non-hydrogen) atoms. The van der Waals surface area contributed by atoms with Crippen LogP contribution in [0.15, 0.2) is 54.7 Å². The number of rotatable bonds is 8. The average Bonchev–Trinajstić information content (AvgIpc) is 3.28. The minimum atomic E-state index is -4.92. The predicted octanol–water partition coefficient (Wildman–Crippen LogP) is 4.43. The lowest BCUT2D eigenvalue weighted by Crippen LogP contribution is -2.33. The van der Waals surface area contributed by atoms with E-state index in [-0.39, 0.29) is 5.91 Å². The topological polar surface area (TPSA) is 71.5 Å². The summed E-state index contributed by atoms with van der Waals surface area (Å²) in [6.07, 6.45) is -3.31. The Labute approximate surface area is 186 Å². The molecule has 0 saturated heterocycles. The average molecular weight is 463 g/mol. The minimum Gasteiger partial charge on any atom is -0.495 e. The summed E-state index contributed by atoms with van der Waals surface area (Å²) >= 11 is 0.740. The number of methoxy groups -OCH3 is 1. The van der Waals surface area contributed by atoms with Crippen molar-refractivity contribution in [3.05, 3.63) is 65.2 Å². The molecule has 0 aliphatic heterocycles. The fourth-order valence-electron chi connectivity index (χ4n) is 2.84. The van der Waals surface area contributed by atoms with Gasteiger partial charge in [-0.05, 0) is 42.0 Å². The first-order valence-corrected chi connectivity index (χ1v) is 10.3. The van der Waals surface area contributed by atoms with Crippen LogP contribution >= 0.6 is 11.3 Å². The number of hydrogen-bond acceptors (Lipinski definition) is 6. The Bertz CT molecular complexity index is 1100. The summed E-state index contributed by atoms with van der Waals surface area (Å²) in [6, 6.07) is 12.7. The maximum Gasteiger partial charge on any atom is 0.455 e. The predicted molar refractivity (Wildman–Crippen MR) is 117 cm³/mol. The Morgan fingerprint density at radius 1 is 1.16 bits per heavy atom. The molecule has 2 aromatic heterocycles. The summed E-state index contributed by atoms with van der Waals surface area (Å²) in [5, 5.41) is 2.81. The lowest BCUT2D eigenvalue weighted by molar-refractivity contribution is -0.0882. The number of anilines is 1. The number of ketones is 1. The molecule has 0 aliphatic carbocycles. The van der Waals surface area contributed by atoms with Crippen LogP contribution in [0.25, 0.3) is 10.4 Å². The van der Waals surface area contributed by atoms with Crippen molar-refractivity contribution >= 4 is 28.8 Å². The van der Waals surface area contributed by atoms with E-state index in [4.69, 9.17) is 4.74 Å². The summed E-state index contributed by atoms with van der Waals surface area (Å²) in [4.78, 5) is 30.1. The van der Waals surface area contributed by atoms with Crippen molar-refractivity contribution in [1.82, 2.24) is 10.3 Å². The van der Waals surface area contributed by atoms with E-state index >= 15 is 0 Å². The molecule has 3 aromatic rings. The highest BCUT2D eigenvalue weighted by atomic mass is 32.1. The lowest BCUT2D eigenvalue weighted by atomic mass is 10.1. The molecule has 0 unspecified atom stereocenters. The second-order valence-electron chi connectivity index (χ2n) is 6.81. The van der Waals surface area contributed by atoms with Gasteiger partial charge in [0.15, 0.2) is 0 Å². The van der Waals surface area contributed by atoms with Crippen molar-refractivity contribution in [3.8, 4) is 16.2 Å². The SMILES string of the molecule is COc1ccc(N(C)CCNC(=O)c2cccc(-c3ccc(C(=O)C(F)(F)F)s3)c2)nc1. The largest absolute Gasteiger partial charge is 0.495 e. The molecular formula is C22H20F3N3O3S. The van der Waals surface area contributed by atoms with Gasteiger partial charge in [-0.25, -0.2) is 4.98 Å². The number of Topliss-reactive ketones (excluding diaryl/α,β-unsaturated/α-hetero) is 1. The second kappa shape index (κ2) is 9.82. The fraction of sp³-hybridized carbons (Fsp3) is 0.227. The summed E-state index contributed by atoms with van der Waals surface area (Å²) in [6.45, 7) is 0.870. The van der Waals surface area contributed by atoms with E-state index in [0.29, 0.717) is 34.8 Å². The lowest BCUT2D eigenvalue weighted by Gasteiger charge is -2.18. The first-order chi connectivity index (χ1) is 15.2. The van der Waals surface area contributed by atoms with Gasteiger partial charge in [-0.1, -0.05) is 12.1 Å². The second-order valence-corrected chi connectivity index (χ2v) is 7.89. The maximum absolute atomic E-state index is 12.6. The van der Waals surface area contributed by atoms with Gasteiger partial charge in [-0.15, -0.1) is 11.3 Å². The summed E-state index contributed by atoms with van der Waals surface area (Å²) < 4.78 is 43.0.